The minimum atomic E-state index is -0.878. The number of rotatable bonds is 7. The first kappa shape index (κ1) is 15.6. The quantitative estimate of drug-likeness (QED) is 0.675. The van der Waals surface area contributed by atoms with Crippen LogP contribution in [0.2, 0.25) is 0 Å². The van der Waals surface area contributed by atoms with Gasteiger partial charge in [0.1, 0.15) is 5.75 Å². The third-order valence-corrected chi connectivity index (χ3v) is 3.12. The molecule has 0 aliphatic rings. The van der Waals surface area contributed by atoms with E-state index in [1.54, 1.807) is 19.2 Å². The summed E-state index contributed by atoms with van der Waals surface area (Å²) in [6.45, 7) is 0.304. The van der Waals surface area contributed by atoms with Gasteiger partial charge in [0, 0.05) is 18.5 Å². The van der Waals surface area contributed by atoms with Crippen molar-refractivity contribution in [3.05, 3.63) is 36.0 Å². The minimum absolute atomic E-state index is 0.0248. The van der Waals surface area contributed by atoms with Gasteiger partial charge in [-0.25, -0.2) is 0 Å². The van der Waals surface area contributed by atoms with Crippen molar-refractivity contribution >= 4 is 11.9 Å². The molecule has 0 spiro atoms. The average molecular weight is 303 g/mol. The lowest BCUT2D eigenvalue weighted by atomic mass is 10.1. The number of aliphatic carboxylic acids is 1. The fraction of sp³-hybridized carbons (Fsp3) is 0.267. The van der Waals surface area contributed by atoms with E-state index in [2.05, 4.69) is 15.5 Å². The van der Waals surface area contributed by atoms with E-state index in [1.165, 1.54) is 6.20 Å². The third-order valence-electron chi connectivity index (χ3n) is 3.12. The molecule has 0 saturated carbocycles. The zero-order chi connectivity index (χ0) is 15.9. The van der Waals surface area contributed by atoms with E-state index in [4.69, 9.17) is 9.84 Å². The van der Waals surface area contributed by atoms with E-state index in [-0.39, 0.29) is 12.3 Å². The van der Waals surface area contributed by atoms with Crippen molar-refractivity contribution in [3.63, 3.8) is 0 Å². The maximum atomic E-state index is 12.1. The molecule has 0 atom stereocenters. The Kier molecular flexibility index (Phi) is 5.13. The van der Waals surface area contributed by atoms with Crippen molar-refractivity contribution in [2.24, 2.45) is 0 Å². The highest BCUT2D eigenvalue weighted by atomic mass is 16.5. The molecule has 2 aromatic rings. The van der Waals surface area contributed by atoms with Crippen molar-refractivity contribution in [1.29, 1.82) is 0 Å². The van der Waals surface area contributed by atoms with Gasteiger partial charge in [0.25, 0.3) is 5.91 Å². The number of hydrogen-bond acceptors (Lipinski definition) is 4. The highest BCUT2D eigenvalue weighted by Crippen LogP contribution is 2.23. The van der Waals surface area contributed by atoms with Gasteiger partial charge in [-0.3, -0.25) is 14.7 Å². The van der Waals surface area contributed by atoms with Crippen molar-refractivity contribution < 1.29 is 19.4 Å². The van der Waals surface area contributed by atoms with E-state index in [9.17, 15) is 9.59 Å². The number of carbonyl (C=O) groups excluding carboxylic acids is 1. The number of hydrogen-bond donors (Lipinski definition) is 3. The Hall–Kier alpha value is -2.83. The molecule has 0 aliphatic heterocycles. The molecular weight excluding hydrogens is 286 g/mol. The summed E-state index contributed by atoms with van der Waals surface area (Å²) in [4.78, 5) is 22.6. The van der Waals surface area contributed by atoms with Crippen molar-refractivity contribution in [2.45, 2.75) is 12.8 Å². The molecule has 1 heterocycles. The zero-order valence-electron chi connectivity index (χ0n) is 12.1. The highest BCUT2D eigenvalue weighted by Gasteiger charge is 2.15. The summed E-state index contributed by atoms with van der Waals surface area (Å²) in [6, 6.07) is 7.25. The molecule has 3 N–H and O–H groups in total. The molecule has 0 aliphatic carbocycles. The molecule has 0 bridgehead atoms. The normalized spacial score (nSPS) is 10.2. The standard InChI is InChI=1S/C15H17N3O4/c1-22-11-6-4-10(5-7-11)14-12(9-17-18-14)15(21)16-8-2-3-13(19)20/h4-7,9H,2-3,8H2,1H3,(H,16,21)(H,17,18)(H,19,20). The summed E-state index contributed by atoms with van der Waals surface area (Å²) in [5.74, 6) is -0.440. The van der Waals surface area contributed by atoms with Crippen LogP contribution in [0.15, 0.2) is 30.5 Å². The molecule has 0 fully saturated rings. The van der Waals surface area contributed by atoms with Gasteiger partial charge in [-0.1, -0.05) is 0 Å². The Morgan fingerprint density at radius 2 is 2.05 bits per heavy atom. The van der Waals surface area contributed by atoms with Gasteiger partial charge >= 0.3 is 5.97 Å². The van der Waals surface area contributed by atoms with Crippen LogP contribution >= 0.6 is 0 Å². The zero-order valence-corrected chi connectivity index (χ0v) is 12.1. The Bertz CT molecular complexity index is 649. The molecule has 1 amide bonds. The van der Waals surface area contributed by atoms with Gasteiger partial charge in [0.2, 0.25) is 0 Å². The molecule has 2 rings (SSSR count). The van der Waals surface area contributed by atoms with Gasteiger partial charge in [-0.05, 0) is 30.7 Å². The smallest absolute Gasteiger partial charge is 0.303 e. The minimum Gasteiger partial charge on any atom is -0.497 e. The van der Waals surface area contributed by atoms with E-state index >= 15 is 0 Å². The van der Waals surface area contributed by atoms with E-state index in [1.807, 2.05) is 12.1 Å². The van der Waals surface area contributed by atoms with E-state index in [0.717, 1.165) is 11.3 Å². The van der Waals surface area contributed by atoms with Crippen LogP contribution in [-0.2, 0) is 4.79 Å². The van der Waals surface area contributed by atoms with Crippen LogP contribution in [0, 0.1) is 0 Å². The fourth-order valence-corrected chi connectivity index (χ4v) is 1.97. The summed E-state index contributed by atoms with van der Waals surface area (Å²) in [5, 5.41) is 18.0. The predicted molar refractivity (Wildman–Crippen MR) is 79.8 cm³/mol. The number of H-pyrrole nitrogens is 1. The predicted octanol–water partition coefficient (Wildman–Crippen LogP) is 1.68. The maximum absolute atomic E-state index is 12.1. The van der Waals surface area contributed by atoms with E-state index < -0.39 is 5.97 Å². The second-order valence-electron chi connectivity index (χ2n) is 4.64. The summed E-state index contributed by atoms with van der Waals surface area (Å²) >= 11 is 0. The first-order chi connectivity index (χ1) is 10.6. The van der Waals surface area contributed by atoms with Crippen LogP contribution in [0.3, 0.4) is 0 Å². The lowest BCUT2D eigenvalue weighted by Gasteiger charge is -2.06. The Morgan fingerprint density at radius 1 is 1.32 bits per heavy atom. The van der Waals surface area contributed by atoms with Crippen molar-refractivity contribution in [1.82, 2.24) is 15.5 Å². The number of aromatic nitrogens is 2. The number of amides is 1. The molecule has 1 aromatic heterocycles. The molecule has 116 valence electrons. The molecule has 7 nitrogen and oxygen atoms in total. The van der Waals surface area contributed by atoms with Gasteiger partial charge in [0.15, 0.2) is 0 Å². The second-order valence-corrected chi connectivity index (χ2v) is 4.64. The number of methoxy groups -OCH3 is 1. The Morgan fingerprint density at radius 3 is 2.68 bits per heavy atom. The van der Waals surface area contributed by atoms with Crippen molar-refractivity contribution in [2.75, 3.05) is 13.7 Å². The summed E-state index contributed by atoms with van der Waals surface area (Å²) < 4.78 is 5.10. The van der Waals surface area contributed by atoms with Crippen molar-refractivity contribution in [3.8, 4) is 17.0 Å². The summed E-state index contributed by atoms with van der Waals surface area (Å²) in [6.07, 6.45) is 1.86. The second kappa shape index (κ2) is 7.26. The molecule has 0 saturated heterocycles. The number of carboxylic acid groups (broad SMARTS) is 1. The molecular formula is C15H17N3O4. The van der Waals surface area contributed by atoms with Gasteiger partial charge in [-0.15, -0.1) is 0 Å². The topological polar surface area (TPSA) is 104 Å². The summed E-state index contributed by atoms with van der Waals surface area (Å²) in [7, 11) is 1.58. The summed E-state index contributed by atoms with van der Waals surface area (Å²) in [5.41, 5.74) is 1.84. The van der Waals surface area contributed by atoms with Crippen LogP contribution in [-0.4, -0.2) is 40.8 Å². The molecule has 0 radical (unpaired) electrons. The molecule has 22 heavy (non-hydrogen) atoms. The fourth-order valence-electron chi connectivity index (χ4n) is 1.97. The van der Waals surface area contributed by atoms with Crippen LogP contribution in [0.1, 0.15) is 23.2 Å². The van der Waals surface area contributed by atoms with Crippen LogP contribution in [0.5, 0.6) is 5.75 Å². The monoisotopic (exact) mass is 303 g/mol. The highest BCUT2D eigenvalue weighted by molar-refractivity contribution is 5.99. The molecule has 1 aromatic carbocycles. The Labute approximate surface area is 127 Å². The molecule has 7 heteroatoms. The number of nitrogens with one attached hydrogen (secondary N) is 2. The number of nitrogens with zero attached hydrogens (tertiary/aromatic N) is 1. The lowest BCUT2D eigenvalue weighted by molar-refractivity contribution is -0.137. The number of carbonyl (C=O) groups is 2. The van der Waals surface area contributed by atoms with Gasteiger partial charge in [0.05, 0.1) is 24.6 Å². The largest absolute Gasteiger partial charge is 0.497 e. The average Bonchev–Trinajstić information content (AvgIpc) is 3.01. The van der Waals surface area contributed by atoms with Crippen LogP contribution < -0.4 is 10.1 Å². The Balaban J connectivity index is 2.04. The number of benzene rings is 1. The first-order valence-electron chi connectivity index (χ1n) is 6.79. The van der Waals surface area contributed by atoms with Crippen LogP contribution in [0.25, 0.3) is 11.3 Å². The van der Waals surface area contributed by atoms with Crippen LogP contribution in [0.4, 0.5) is 0 Å². The number of carboxylic acids is 1. The number of ether oxygens (including phenoxy) is 1. The number of aromatic amines is 1. The van der Waals surface area contributed by atoms with Gasteiger partial charge in [-0.2, -0.15) is 5.10 Å². The maximum Gasteiger partial charge on any atom is 0.303 e. The molecule has 0 unspecified atom stereocenters. The first-order valence-corrected chi connectivity index (χ1v) is 6.79. The van der Waals surface area contributed by atoms with Gasteiger partial charge < -0.3 is 15.2 Å². The SMILES string of the molecule is COc1ccc(-c2[nH]ncc2C(=O)NCCCC(=O)O)cc1. The third kappa shape index (κ3) is 3.85. The lowest BCUT2D eigenvalue weighted by Crippen LogP contribution is -2.25. The van der Waals surface area contributed by atoms with E-state index in [0.29, 0.717) is 24.2 Å².